The molecule has 0 aromatic heterocycles. The molecule has 0 saturated heterocycles. The highest BCUT2D eigenvalue weighted by Gasteiger charge is 2.32. The lowest BCUT2D eigenvalue weighted by Crippen LogP contribution is -2.36. The van der Waals surface area contributed by atoms with Crippen LogP contribution in [0.25, 0.3) is 0 Å². The van der Waals surface area contributed by atoms with E-state index >= 15 is 0 Å². The minimum atomic E-state index is -4.24. The predicted molar refractivity (Wildman–Crippen MR) is 72.8 cm³/mol. The number of halogens is 4. The Balaban J connectivity index is 3.13. The van der Waals surface area contributed by atoms with Gasteiger partial charge in [-0.25, -0.2) is 0 Å². The van der Waals surface area contributed by atoms with Gasteiger partial charge in [-0.1, -0.05) is 30.7 Å². The molecule has 19 heavy (non-hydrogen) atoms. The van der Waals surface area contributed by atoms with Gasteiger partial charge in [0.2, 0.25) is 0 Å². The van der Waals surface area contributed by atoms with Gasteiger partial charge in [-0.05, 0) is 25.1 Å². The van der Waals surface area contributed by atoms with Gasteiger partial charge in [0.15, 0.2) is 0 Å². The third-order valence-corrected chi connectivity index (χ3v) is 2.92. The molecular formula is C13H18ClF3N2. The molecule has 1 aromatic carbocycles. The van der Waals surface area contributed by atoms with Crippen LogP contribution >= 0.6 is 11.6 Å². The highest BCUT2D eigenvalue weighted by molar-refractivity contribution is 6.33. The van der Waals surface area contributed by atoms with Crippen LogP contribution in [0.15, 0.2) is 18.2 Å². The number of nitrogens with zero attached hydrogens (tertiary/aromatic N) is 1. The molecule has 108 valence electrons. The van der Waals surface area contributed by atoms with Crippen molar-refractivity contribution in [3.05, 3.63) is 28.8 Å². The first-order valence-corrected chi connectivity index (χ1v) is 6.50. The molecule has 0 atom stereocenters. The molecule has 0 radical (unpaired) electrons. The van der Waals surface area contributed by atoms with E-state index in [-0.39, 0.29) is 0 Å². The van der Waals surface area contributed by atoms with E-state index in [2.05, 4.69) is 5.32 Å². The Bertz CT molecular complexity index is 407. The van der Waals surface area contributed by atoms with E-state index < -0.39 is 12.7 Å². The summed E-state index contributed by atoms with van der Waals surface area (Å²) in [5.41, 5.74) is 1.24. The van der Waals surface area contributed by atoms with Gasteiger partial charge < -0.3 is 10.2 Å². The molecule has 0 spiro atoms. The van der Waals surface area contributed by atoms with Crippen molar-refractivity contribution < 1.29 is 13.2 Å². The SMILES string of the molecule is CCCN(CC(F)(F)F)c1c(Cl)cccc1CNC. The van der Waals surface area contributed by atoms with Crippen LogP contribution in [0.3, 0.4) is 0 Å². The number of nitrogens with one attached hydrogen (secondary N) is 1. The standard InChI is InChI=1S/C13H18ClF3N2/c1-3-7-19(9-13(15,16)17)12-10(8-18-2)5-4-6-11(12)14/h4-6,18H,3,7-9H2,1-2H3. The molecule has 0 amide bonds. The normalized spacial score (nSPS) is 11.7. The maximum absolute atomic E-state index is 12.7. The molecule has 0 aliphatic heterocycles. The second-order valence-corrected chi connectivity index (χ2v) is 4.72. The summed E-state index contributed by atoms with van der Waals surface area (Å²) >= 11 is 6.09. The Kier molecular flexibility index (Phi) is 5.94. The van der Waals surface area contributed by atoms with Gasteiger partial charge in [0.25, 0.3) is 0 Å². The summed E-state index contributed by atoms with van der Waals surface area (Å²) in [4.78, 5) is 1.30. The molecule has 6 heteroatoms. The summed E-state index contributed by atoms with van der Waals surface area (Å²) in [6.07, 6.45) is -3.62. The fraction of sp³-hybridized carbons (Fsp3) is 0.538. The number of para-hydroxylation sites is 1. The number of hydrogen-bond donors (Lipinski definition) is 1. The van der Waals surface area contributed by atoms with Gasteiger partial charge >= 0.3 is 6.18 Å². The molecule has 2 nitrogen and oxygen atoms in total. The lowest BCUT2D eigenvalue weighted by Gasteiger charge is -2.28. The van der Waals surface area contributed by atoms with E-state index in [1.807, 2.05) is 6.92 Å². The summed E-state index contributed by atoms with van der Waals surface area (Å²) in [7, 11) is 1.75. The molecule has 1 aromatic rings. The lowest BCUT2D eigenvalue weighted by molar-refractivity contribution is -0.119. The van der Waals surface area contributed by atoms with Crippen molar-refractivity contribution in [1.82, 2.24) is 5.32 Å². The molecular weight excluding hydrogens is 277 g/mol. The van der Waals surface area contributed by atoms with Gasteiger partial charge in [-0.2, -0.15) is 13.2 Å². The van der Waals surface area contributed by atoms with Crippen molar-refractivity contribution >= 4 is 17.3 Å². The number of rotatable bonds is 6. The Morgan fingerprint density at radius 2 is 2.00 bits per heavy atom. The van der Waals surface area contributed by atoms with Crippen molar-refractivity contribution in [1.29, 1.82) is 0 Å². The van der Waals surface area contributed by atoms with Gasteiger partial charge in [0, 0.05) is 13.1 Å². The largest absolute Gasteiger partial charge is 0.405 e. The van der Waals surface area contributed by atoms with Crippen LogP contribution < -0.4 is 10.2 Å². The zero-order valence-electron chi connectivity index (χ0n) is 11.0. The molecule has 0 aliphatic rings. The second kappa shape index (κ2) is 7.01. The van der Waals surface area contributed by atoms with Crippen LogP contribution in [0.4, 0.5) is 18.9 Å². The zero-order chi connectivity index (χ0) is 14.5. The Morgan fingerprint density at radius 1 is 1.32 bits per heavy atom. The fourth-order valence-electron chi connectivity index (χ4n) is 2.00. The summed E-state index contributed by atoms with van der Waals surface area (Å²) in [5, 5.41) is 3.30. The Labute approximate surface area is 116 Å². The monoisotopic (exact) mass is 294 g/mol. The molecule has 1 rings (SSSR count). The molecule has 0 heterocycles. The maximum atomic E-state index is 12.7. The topological polar surface area (TPSA) is 15.3 Å². The Hall–Kier alpha value is -0.940. The first kappa shape index (κ1) is 16.1. The van der Waals surface area contributed by atoms with E-state index in [4.69, 9.17) is 11.6 Å². The molecule has 0 saturated carbocycles. The van der Waals surface area contributed by atoms with Crippen LogP contribution in [-0.4, -0.2) is 26.3 Å². The summed E-state index contributed by atoms with van der Waals surface area (Å²) in [6, 6.07) is 5.15. The van der Waals surface area contributed by atoms with E-state index in [1.165, 1.54) is 4.90 Å². The summed E-state index contributed by atoms with van der Waals surface area (Å²) < 4.78 is 38.0. The number of hydrogen-bond acceptors (Lipinski definition) is 2. The van der Waals surface area contributed by atoms with Gasteiger partial charge in [0.05, 0.1) is 10.7 Å². The number of anilines is 1. The number of alkyl halides is 3. The summed E-state index contributed by atoms with van der Waals surface area (Å²) in [5.74, 6) is 0. The van der Waals surface area contributed by atoms with E-state index in [0.29, 0.717) is 30.2 Å². The Morgan fingerprint density at radius 3 is 2.53 bits per heavy atom. The maximum Gasteiger partial charge on any atom is 0.405 e. The van der Waals surface area contributed by atoms with Crippen molar-refractivity contribution in [2.24, 2.45) is 0 Å². The quantitative estimate of drug-likeness (QED) is 0.857. The molecule has 0 unspecified atom stereocenters. The zero-order valence-corrected chi connectivity index (χ0v) is 11.8. The van der Waals surface area contributed by atoms with Gasteiger partial charge in [-0.3, -0.25) is 0 Å². The van der Waals surface area contributed by atoms with Crippen molar-refractivity contribution in [3.63, 3.8) is 0 Å². The average molecular weight is 295 g/mol. The van der Waals surface area contributed by atoms with E-state index in [0.717, 1.165) is 5.56 Å². The second-order valence-electron chi connectivity index (χ2n) is 4.31. The van der Waals surface area contributed by atoms with Crippen molar-refractivity contribution in [3.8, 4) is 0 Å². The average Bonchev–Trinajstić information content (AvgIpc) is 2.27. The van der Waals surface area contributed by atoms with Gasteiger partial charge in [-0.15, -0.1) is 0 Å². The highest BCUT2D eigenvalue weighted by Crippen LogP contribution is 2.32. The molecule has 1 N–H and O–H groups in total. The van der Waals surface area contributed by atoms with Gasteiger partial charge in [0.1, 0.15) is 6.54 Å². The van der Waals surface area contributed by atoms with Crippen LogP contribution in [0.5, 0.6) is 0 Å². The van der Waals surface area contributed by atoms with Crippen LogP contribution in [0, 0.1) is 0 Å². The fourth-order valence-corrected chi connectivity index (χ4v) is 2.32. The van der Waals surface area contributed by atoms with E-state index in [9.17, 15) is 13.2 Å². The highest BCUT2D eigenvalue weighted by atomic mass is 35.5. The van der Waals surface area contributed by atoms with Crippen LogP contribution in [0.1, 0.15) is 18.9 Å². The molecule has 0 aliphatic carbocycles. The third kappa shape index (κ3) is 4.91. The van der Waals surface area contributed by atoms with E-state index in [1.54, 1.807) is 25.2 Å². The van der Waals surface area contributed by atoms with Crippen LogP contribution in [-0.2, 0) is 6.54 Å². The third-order valence-electron chi connectivity index (χ3n) is 2.62. The first-order valence-electron chi connectivity index (χ1n) is 6.12. The predicted octanol–water partition coefficient (Wildman–Crippen LogP) is 3.84. The molecule has 0 bridgehead atoms. The smallest absolute Gasteiger partial charge is 0.361 e. The minimum Gasteiger partial charge on any atom is -0.361 e. The summed E-state index contributed by atoms with van der Waals surface area (Å²) in [6.45, 7) is 1.66. The number of benzene rings is 1. The first-order chi connectivity index (χ1) is 8.89. The van der Waals surface area contributed by atoms with Crippen LogP contribution in [0.2, 0.25) is 5.02 Å². The van der Waals surface area contributed by atoms with Crippen molar-refractivity contribution in [2.75, 3.05) is 25.0 Å². The molecule has 0 fully saturated rings. The minimum absolute atomic E-state index is 0.319. The van der Waals surface area contributed by atoms with Crippen molar-refractivity contribution in [2.45, 2.75) is 26.1 Å². The lowest BCUT2D eigenvalue weighted by atomic mass is 10.1.